The first-order valence-electron chi connectivity index (χ1n) is 4.53. The number of alkyl halides is 1. The van der Waals surface area contributed by atoms with Gasteiger partial charge in [-0.2, -0.15) is 0 Å². The minimum Gasteiger partial charge on any atom is -0.309 e. The fourth-order valence-corrected chi connectivity index (χ4v) is 1.91. The number of hydrogen-bond donors (Lipinski definition) is 0. The third-order valence-electron chi connectivity index (χ3n) is 2.38. The van der Waals surface area contributed by atoms with E-state index in [4.69, 9.17) is 11.6 Å². The summed E-state index contributed by atoms with van der Waals surface area (Å²) >= 11 is 5.92. The highest BCUT2D eigenvalue weighted by molar-refractivity contribution is 6.24. The van der Waals surface area contributed by atoms with Gasteiger partial charge in [0.1, 0.15) is 0 Å². The van der Waals surface area contributed by atoms with Gasteiger partial charge >= 0.3 is 0 Å². The Morgan fingerprint density at radius 2 is 2.43 bits per heavy atom. The van der Waals surface area contributed by atoms with Gasteiger partial charge in [-0.05, 0) is 18.6 Å². The molecule has 1 atom stereocenters. The number of aromatic nitrogens is 1. The Bertz CT molecular complexity index is 367. The van der Waals surface area contributed by atoms with Gasteiger partial charge in [0.15, 0.2) is 0 Å². The Labute approximate surface area is 87.7 Å². The molecule has 1 amide bonds. The lowest BCUT2D eigenvalue weighted by Crippen LogP contribution is -2.25. The van der Waals surface area contributed by atoms with Crippen LogP contribution in [0.4, 0.5) is 5.69 Å². The van der Waals surface area contributed by atoms with Gasteiger partial charge in [0.05, 0.1) is 17.3 Å². The molecule has 4 heteroatoms. The zero-order chi connectivity index (χ0) is 10.1. The van der Waals surface area contributed by atoms with E-state index in [1.807, 2.05) is 13.0 Å². The van der Waals surface area contributed by atoms with Crippen LogP contribution >= 0.6 is 11.6 Å². The van der Waals surface area contributed by atoms with E-state index in [0.29, 0.717) is 13.0 Å². The number of hydrogen-bond acceptors (Lipinski definition) is 2. The number of nitrogens with zero attached hydrogens (tertiary/aromatic N) is 2. The first kappa shape index (κ1) is 9.46. The van der Waals surface area contributed by atoms with E-state index < -0.39 is 0 Å². The van der Waals surface area contributed by atoms with Crippen molar-refractivity contribution >= 4 is 23.2 Å². The lowest BCUT2D eigenvalue weighted by atomic mass is 10.2. The molecule has 0 saturated carbocycles. The van der Waals surface area contributed by atoms with Crippen LogP contribution in [0.25, 0.3) is 0 Å². The first-order chi connectivity index (χ1) is 6.68. The van der Waals surface area contributed by atoms with Gasteiger partial charge in [0.2, 0.25) is 5.91 Å². The molecule has 74 valence electrons. The minimum absolute atomic E-state index is 0.0675. The van der Waals surface area contributed by atoms with Gasteiger partial charge in [-0.3, -0.25) is 9.78 Å². The Balaban J connectivity index is 2.32. The van der Waals surface area contributed by atoms with Crippen molar-refractivity contribution in [1.82, 2.24) is 4.98 Å². The zero-order valence-electron chi connectivity index (χ0n) is 7.90. The van der Waals surface area contributed by atoms with Crippen LogP contribution < -0.4 is 4.90 Å². The van der Waals surface area contributed by atoms with Crippen molar-refractivity contribution in [2.24, 2.45) is 0 Å². The summed E-state index contributed by atoms with van der Waals surface area (Å²) < 4.78 is 0. The van der Waals surface area contributed by atoms with E-state index in [0.717, 1.165) is 11.3 Å². The maximum atomic E-state index is 11.6. The van der Waals surface area contributed by atoms with Crippen molar-refractivity contribution < 1.29 is 4.79 Å². The number of amides is 1. The molecule has 2 heterocycles. The molecular formula is C10H11ClN2O. The summed E-state index contributed by atoms with van der Waals surface area (Å²) in [4.78, 5) is 17.3. The fourth-order valence-electron chi connectivity index (χ4n) is 1.64. The number of pyridine rings is 1. The van der Waals surface area contributed by atoms with Crippen LogP contribution in [0.2, 0.25) is 0 Å². The molecule has 1 aromatic rings. The number of rotatable bonds is 1. The third-order valence-corrected chi connectivity index (χ3v) is 2.67. The van der Waals surface area contributed by atoms with E-state index in [1.165, 1.54) is 0 Å². The summed E-state index contributed by atoms with van der Waals surface area (Å²) in [5.41, 5.74) is 1.93. The van der Waals surface area contributed by atoms with Crippen LogP contribution in [0.5, 0.6) is 0 Å². The van der Waals surface area contributed by atoms with Crippen LogP contribution in [-0.4, -0.2) is 22.8 Å². The number of aryl methyl sites for hydroxylation is 1. The van der Waals surface area contributed by atoms with Crippen LogP contribution in [0.1, 0.15) is 12.0 Å². The molecule has 2 rings (SSSR count). The van der Waals surface area contributed by atoms with Gasteiger partial charge in [-0.15, -0.1) is 11.6 Å². The number of carbonyl (C=O) groups is 1. The Morgan fingerprint density at radius 1 is 1.64 bits per heavy atom. The van der Waals surface area contributed by atoms with Crippen molar-refractivity contribution in [3.8, 4) is 0 Å². The second kappa shape index (κ2) is 3.58. The Morgan fingerprint density at radius 3 is 3.00 bits per heavy atom. The van der Waals surface area contributed by atoms with E-state index in [9.17, 15) is 4.79 Å². The SMILES string of the molecule is Cc1ccncc1N1CC(Cl)CC1=O. The second-order valence-electron chi connectivity index (χ2n) is 3.47. The van der Waals surface area contributed by atoms with Gasteiger partial charge < -0.3 is 4.90 Å². The highest BCUT2D eigenvalue weighted by Gasteiger charge is 2.29. The molecule has 1 unspecified atom stereocenters. The maximum absolute atomic E-state index is 11.6. The maximum Gasteiger partial charge on any atom is 0.228 e. The Kier molecular flexibility index (Phi) is 2.42. The number of halogens is 1. The lowest BCUT2D eigenvalue weighted by Gasteiger charge is -2.17. The average molecular weight is 211 g/mol. The van der Waals surface area contributed by atoms with Crippen molar-refractivity contribution in [2.45, 2.75) is 18.7 Å². The van der Waals surface area contributed by atoms with Crippen molar-refractivity contribution in [2.75, 3.05) is 11.4 Å². The minimum atomic E-state index is -0.0675. The molecule has 0 N–H and O–H groups in total. The summed E-state index contributed by atoms with van der Waals surface area (Å²) in [5.74, 6) is 0.0844. The van der Waals surface area contributed by atoms with Gasteiger partial charge in [-0.1, -0.05) is 0 Å². The third kappa shape index (κ3) is 1.60. The first-order valence-corrected chi connectivity index (χ1v) is 4.97. The van der Waals surface area contributed by atoms with Gasteiger partial charge in [0, 0.05) is 19.2 Å². The summed E-state index contributed by atoms with van der Waals surface area (Å²) in [5, 5.41) is -0.0675. The fraction of sp³-hybridized carbons (Fsp3) is 0.400. The molecular weight excluding hydrogens is 200 g/mol. The highest BCUT2D eigenvalue weighted by Crippen LogP contribution is 2.25. The number of anilines is 1. The summed E-state index contributed by atoms with van der Waals surface area (Å²) in [6.45, 7) is 2.55. The molecule has 1 saturated heterocycles. The van der Waals surface area contributed by atoms with E-state index in [2.05, 4.69) is 4.98 Å². The topological polar surface area (TPSA) is 33.2 Å². The average Bonchev–Trinajstić information content (AvgIpc) is 2.46. The second-order valence-corrected chi connectivity index (χ2v) is 4.09. The number of carbonyl (C=O) groups excluding carboxylic acids is 1. The van der Waals surface area contributed by atoms with E-state index >= 15 is 0 Å². The predicted molar refractivity (Wildman–Crippen MR) is 55.6 cm³/mol. The quantitative estimate of drug-likeness (QED) is 0.662. The van der Waals surface area contributed by atoms with Crippen LogP contribution in [0.15, 0.2) is 18.5 Å². The molecule has 1 aliphatic heterocycles. The van der Waals surface area contributed by atoms with Crippen molar-refractivity contribution in [1.29, 1.82) is 0 Å². The van der Waals surface area contributed by atoms with Crippen molar-refractivity contribution in [3.63, 3.8) is 0 Å². The molecule has 0 radical (unpaired) electrons. The summed E-state index contributed by atoms with van der Waals surface area (Å²) in [6.07, 6.45) is 3.86. The molecule has 1 aromatic heterocycles. The summed E-state index contributed by atoms with van der Waals surface area (Å²) in [6, 6.07) is 1.89. The molecule has 0 bridgehead atoms. The molecule has 0 spiro atoms. The predicted octanol–water partition coefficient (Wildman–Crippen LogP) is 1.73. The molecule has 0 aliphatic carbocycles. The van der Waals surface area contributed by atoms with Gasteiger partial charge in [-0.25, -0.2) is 0 Å². The van der Waals surface area contributed by atoms with Gasteiger partial charge in [0.25, 0.3) is 0 Å². The van der Waals surface area contributed by atoms with E-state index in [-0.39, 0.29) is 11.3 Å². The van der Waals surface area contributed by atoms with Crippen LogP contribution in [0, 0.1) is 6.92 Å². The smallest absolute Gasteiger partial charge is 0.228 e. The monoisotopic (exact) mass is 210 g/mol. The summed E-state index contributed by atoms with van der Waals surface area (Å²) in [7, 11) is 0. The van der Waals surface area contributed by atoms with Crippen LogP contribution in [-0.2, 0) is 4.79 Å². The van der Waals surface area contributed by atoms with E-state index in [1.54, 1.807) is 17.3 Å². The molecule has 1 fully saturated rings. The normalized spacial score (nSPS) is 21.7. The van der Waals surface area contributed by atoms with Crippen LogP contribution in [0.3, 0.4) is 0 Å². The van der Waals surface area contributed by atoms with Crippen molar-refractivity contribution in [3.05, 3.63) is 24.0 Å². The zero-order valence-corrected chi connectivity index (χ0v) is 8.66. The standard InChI is InChI=1S/C10H11ClN2O/c1-7-2-3-12-5-9(7)13-6-8(11)4-10(13)14/h2-3,5,8H,4,6H2,1H3. The molecule has 1 aliphatic rings. The Hall–Kier alpha value is -1.09. The lowest BCUT2D eigenvalue weighted by molar-refractivity contribution is -0.117. The molecule has 14 heavy (non-hydrogen) atoms. The highest BCUT2D eigenvalue weighted by atomic mass is 35.5. The largest absolute Gasteiger partial charge is 0.309 e. The molecule has 0 aromatic carbocycles. The molecule has 3 nitrogen and oxygen atoms in total.